The van der Waals surface area contributed by atoms with E-state index in [1.165, 1.54) is 30.6 Å². The largest absolute Gasteiger partial charge is 0.495 e. The predicted octanol–water partition coefficient (Wildman–Crippen LogP) is 6.52. The molecule has 0 aliphatic heterocycles. The number of nitrogens with one attached hydrogen (secondary N) is 3. The number of benzene rings is 3. The summed E-state index contributed by atoms with van der Waals surface area (Å²) in [5, 5.41) is 6.95. The summed E-state index contributed by atoms with van der Waals surface area (Å²) in [5.41, 5.74) is 3.02. The van der Waals surface area contributed by atoms with Gasteiger partial charge in [0.2, 0.25) is 0 Å². The number of hydrogen-bond donors (Lipinski definition) is 3. The first-order valence-electron chi connectivity index (χ1n) is 11.9. The minimum atomic E-state index is -3.84. The zero-order valence-corrected chi connectivity index (χ0v) is 23.9. The van der Waals surface area contributed by atoms with Crippen LogP contribution in [0.5, 0.6) is 5.75 Å². The Labute approximate surface area is 237 Å². The van der Waals surface area contributed by atoms with Crippen LogP contribution in [0.1, 0.15) is 22.2 Å². The van der Waals surface area contributed by atoms with E-state index in [9.17, 15) is 13.2 Å². The summed E-state index contributed by atoms with van der Waals surface area (Å²) in [6.45, 7) is 3.94. The summed E-state index contributed by atoms with van der Waals surface area (Å²) in [5.74, 6) is -0.0275. The van der Waals surface area contributed by atoms with Crippen molar-refractivity contribution < 1.29 is 22.7 Å². The molecule has 0 aliphatic carbocycles. The first-order valence-corrected chi connectivity index (χ1v) is 14.6. The highest BCUT2D eigenvalue weighted by Gasteiger charge is 2.25. The molecule has 0 amide bonds. The second-order valence-electron chi connectivity index (χ2n) is 8.23. The van der Waals surface area contributed by atoms with E-state index < -0.39 is 16.0 Å². The van der Waals surface area contributed by atoms with Crippen molar-refractivity contribution in [3.8, 4) is 16.9 Å². The van der Waals surface area contributed by atoms with Crippen LogP contribution in [0.25, 0.3) is 11.1 Å². The molecule has 0 atom stereocenters. The Morgan fingerprint density at radius 2 is 1.62 bits per heavy atom. The van der Waals surface area contributed by atoms with Crippen molar-refractivity contribution in [2.24, 2.45) is 0 Å². The van der Waals surface area contributed by atoms with Gasteiger partial charge in [0.25, 0.3) is 10.0 Å². The Hall–Kier alpha value is -3.93. The molecular formula is C28H27N3O5S3. The molecule has 0 saturated carbocycles. The maximum atomic E-state index is 12.9. The molecule has 202 valence electrons. The van der Waals surface area contributed by atoms with Crippen molar-refractivity contribution in [3.63, 3.8) is 0 Å². The summed E-state index contributed by atoms with van der Waals surface area (Å²) in [6, 6.07) is 22.5. The number of ether oxygens (including phenoxy) is 2. The van der Waals surface area contributed by atoms with E-state index in [2.05, 4.69) is 15.4 Å². The average Bonchev–Trinajstić information content (AvgIpc) is 3.24. The number of carbonyl (C=O) groups is 1. The Bertz CT molecular complexity index is 1580. The zero-order chi connectivity index (χ0) is 28.0. The van der Waals surface area contributed by atoms with Crippen LogP contribution < -0.4 is 20.1 Å². The van der Waals surface area contributed by atoms with E-state index in [0.29, 0.717) is 27.7 Å². The van der Waals surface area contributed by atoms with Crippen LogP contribution >= 0.6 is 23.6 Å². The van der Waals surface area contributed by atoms with Crippen molar-refractivity contribution in [1.29, 1.82) is 0 Å². The zero-order valence-electron chi connectivity index (χ0n) is 21.5. The molecule has 4 rings (SSSR count). The first kappa shape index (κ1) is 28.1. The normalized spacial score (nSPS) is 10.9. The number of carbonyl (C=O) groups excluding carboxylic acids is 1. The van der Waals surface area contributed by atoms with Crippen molar-refractivity contribution in [3.05, 3.63) is 89.3 Å². The Morgan fingerprint density at radius 3 is 2.28 bits per heavy atom. The third kappa shape index (κ3) is 6.56. The van der Waals surface area contributed by atoms with Crippen LogP contribution in [-0.4, -0.2) is 33.2 Å². The molecule has 0 bridgehead atoms. The molecule has 0 fully saturated rings. The van der Waals surface area contributed by atoms with E-state index in [-0.39, 0.29) is 16.6 Å². The summed E-state index contributed by atoms with van der Waals surface area (Å²) in [4.78, 5) is 13.9. The minimum Gasteiger partial charge on any atom is -0.495 e. The van der Waals surface area contributed by atoms with Gasteiger partial charge in [-0.3, -0.25) is 4.72 Å². The van der Waals surface area contributed by atoms with Gasteiger partial charge in [0.15, 0.2) is 5.11 Å². The van der Waals surface area contributed by atoms with Gasteiger partial charge in [0.05, 0.1) is 24.3 Å². The van der Waals surface area contributed by atoms with Gasteiger partial charge in [-0.25, -0.2) is 13.2 Å². The topological polar surface area (TPSA) is 106 Å². The molecule has 0 unspecified atom stereocenters. The maximum Gasteiger partial charge on any atom is 0.341 e. The molecule has 8 nitrogen and oxygen atoms in total. The van der Waals surface area contributed by atoms with E-state index in [1.54, 1.807) is 43.3 Å². The number of methoxy groups -OCH3 is 1. The Kier molecular flexibility index (Phi) is 8.85. The Morgan fingerprint density at radius 1 is 0.949 bits per heavy atom. The molecule has 0 aliphatic rings. The highest BCUT2D eigenvalue weighted by Crippen LogP contribution is 2.40. The van der Waals surface area contributed by atoms with Crippen LogP contribution in [0.15, 0.2) is 83.8 Å². The average molecular weight is 582 g/mol. The first-order chi connectivity index (χ1) is 18.7. The van der Waals surface area contributed by atoms with Gasteiger partial charge in [0.1, 0.15) is 16.3 Å². The maximum absolute atomic E-state index is 12.9. The molecule has 11 heteroatoms. The lowest BCUT2D eigenvalue weighted by atomic mass is 10.0. The monoisotopic (exact) mass is 581 g/mol. The smallest absolute Gasteiger partial charge is 0.341 e. The number of rotatable bonds is 9. The highest BCUT2D eigenvalue weighted by atomic mass is 32.2. The number of esters is 1. The molecule has 0 spiro atoms. The fourth-order valence-electron chi connectivity index (χ4n) is 3.90. The van der Waals surface area contributed by atoms with Gasteiger partial charge in [-0.05, 0) is 68.0 Å². The summed E-state index contributed by atoms with van der Waals surface area (Å²) < 4.78 is 38.9. The molecule has 0 radical (unpaired) electrons. The van der Waals surface area contributed by atoms with E-state index >= 15 is 0 Å². The van der Waals surface area contributed by atoms with E-state index in [0.717, 1.165) is 16.0 Å². The van der Waals surface area contributed by atoms with Crippen molar-refractivity contribution >= 4 is 61.0 Å². The molecule has 4 aromatic rings. The number of thiophene rings is 1. The predicted molar refractivity (Wildman–Crippen MR) is 161 cm³/mol. The fraction of sp³-hybridized carbons (Fsp3) is 0.143. The summed E-state index contributed by atoms with van der Waals surface area (Å²) in [6.07, 6.45) is 0. The SMILES string of the molecule is CCOC(=O)c1c(NC(=S)Nc2ccc(S(=O)(=O)Nc3ccccc3OC)cc2)sc(C)c1-c1ccccc1. The van der Waals surface area contributed by atoms with Crippen LogP contribution in [0.3, 0.4) is 0 Å². The van der Waals surface area contributed by atoms with Crippen molar-refractivity contribution in [2.45, 2.75) is 18.7 Å². The van der Waals surface area contributed by atoms with Crippen LogP contribution in [0, 0.1) is 6.92 Å². The quantitative estimate of drug-likeness (QED) is 0.152. The lowest BCUT2D eigenvalue weighted by Crippen LogP contribution is -2.20. The van der Waals surface area contributed by atoms with Crippen LogP contribution in [0.4, 0.5) is 16.4 Å². The highest BCUT2D eigenvalue weighted by molar-refractivity contribution is 7.92. The second kappa shape index (κ2) is 12.3. The van der Waals surface area contributed by atoms with Crippen molar-refractivity contribution in [2.75, 3.05) is 29.1 Å². The van der Waals surface area contributed by atoms with Gasteiger partial charge in [-0.15, -0.1) is 11.3 Å². The third-order valence-corrected chi connectivity index (χ3v) is 8.23. The molecule has 39 heavy (non-hydrogen) atoms. The number of sulfonamides is 1. The summed E-state index contributed by atoms with van der Waals surface area (Å²) in [7, 11) is -2.37. The molecule has 1 aromatic heterocycles. The molecule has 3 aromatic carbocycles. The van der Waals surface area contributed by atoms with Gasteiger partial charge in [0, 0.05) is 16.1 Å². The fourth-order valence-corrected chi connectivity index (χ4v) is 6.32. The van der Waals surface area contributed by atoms with Crippen LogP contribution in [-0.2, 0) is 14.8 Å². The standard InChI is InChI=1S/C28H27N3O5S3/c1-4-36-27(32)25-24(19-10-6-5-7-11-19)18(2)38-26(25)30-28(37)29-20-14-16-21(17-15-20)39(33,34)31-22-12-8-9-13-23(22)35-3/h5-17,31H,4H2,1-3H3,(H2,29,30,37). The second-order valence-corrected chi connectivity index (χ2v) is 11.5. The van der Waals surface area contributed by atoms with Gasteiger partial charge < -0.3 is 20.1 Å². The third-order valence-electron chi connectivity index (χ3n) is 5.63. The lowest BCUT2D eigenvalue weighted by Gasteiger charge is -2.13. The number of para-hydroxylation sites is 2. The van der Waals surface area contributed by atoms with Crippen molar-refractivity contribution in [1.82, 2.24) is 0 Å². The van der Waals surface area contributed by atoms with Gasteiger partial charge in [-0.2, -0.15) is 0 Å². The van der Waals surface area contributed by atoms with E-state index in [1.807, 2.05) is 37.3 Å². The van der Waals surface area contributed by atoms with Gasteiger partial charge >= 0.3 is 5.97 Å². The van der Waals surface area contributed by atoms with E-state index in [4.69, 9.17) is 21.7 Å². The molecule has 3 N–H and O–H groups in total. The number of aryl methyl sites for hydroxylation is 1. The number of hydrogen-bond acceptors (Lipinski definition) is 7. The lowest BCUT2D eigenvalue weighted by molar-refractivity contribution is 0.0529. The minimum absolute atomic E-state index is 0.0730. The Balaban J connectivity index is 1.51. The molecular weight excluding hydrogens is 555 g/mol. The molecule has 0 saturated heterocycles. The van der Waals surface area contributed by atoms with Gasteiger partial charge in [-0.1, -0.05) is 42.5 Å². The molecule has 1 heterocycles. The number of anilines is 3. The summed E-state index contributed by atoms with van der Waals surface area (Å²) >= 11 is 6.91. The van der Waals surface area contributed by atoms with Crippen LogP contribution in [0.2, 0.25) is 0 Å². The number of thiocarbonyl (C=S) groups is 1.